The predicted molar refractivity (Wildman–Crippen MR) is 75.9 cm³/mol. The van der Waals surface area contributed by atoms with Gasteiger partial charge in [0, 0.05) is 18.6 Å². The van der Waals surface area contributed by atoms with Crippen LogP contribution >= 0.6 is 0 Å². The summed E-state index contributed by atoms with van der Waals surface area (Å²) in [4.78, 5) is 2.64. The SMILES string of the molecule is CCC(CC)CC(NC)C1CN2CCCC2CO1. The molecule has 2 rings (SSSR count). The Bertz CT molecular complexity index is 241. The van der Waals surface area contributed by atoms with Crippen LogP contribution in [0.4, 0.5) is 0 Å². The first-order valence-corrected chi connectivity index (χ1v) is 7.81. The number of nitrogens with zero attached hydrogens (tertiary/aromatic N) is 1. The Labute approximate surface area is 112 Å². The van der Waals surface area contributed by atoms with Gasteiger partial charge in [-0.2, -0.15) is 0 Å². The number of ether oxygens (including phenoxy) is 1. The van der Waals surface area contributed by atoms with E-state index in [4.69, 9.17) is 4.74 Å². The van der Waals surface area contributed by atoms with Gasteiger partial charge in [0.25, 0.3) is 0 Å². The zero-order valence-corrected chi connectivity index (χ0v) is 12.3. The lowest BCUT2D eigenvalue weighted by Gasteiger charge is -2.39. The van der Waals surface area contributed by atoms with E-state index >= 15 is 0 Å². The molecule has 2 fully saturated rings. The van der Waals surface area contributed by atoms with E-state index < -0.39 is 0 Å². The number of hydrogen-bond donors (Lipinski definition) is 1. The number of rotatable bonds is 6. The minimum Gasteiger partial charge on any atom is -0.374 e. The monoisotopic (exact) mass is 254 g/mol. The molecule has 0 aromatic carbocycles. The molecule has 3 unspecified atom stereocenters. The van der Waals surface area contributed by atoms with Crippen molar-refractivity contribution in [3.8, 4) is 0 Å². The molecule has 0 radical (unpaired) electrons. The average molecular weight is 254 g/mol. The maximum atomic E-state index is 6.13. The quantitative estimate of drug-likeness (QED) is 0.787. The van der Waals surface area contributed by atoms with Gasteiger partial charge in [0.05, 0.1) is 12.7 Å². The largest absolute Gasteiger partial charge is 0.374 e. The van der Waals surface area contributed by atoms with Crippen LogP contribution in [0, 0.1) is 5.92 Å². The molecule has 18 heavy (non-hydrogen) atoms. The van der Waals surface area contributed by atoms with Gasteiger partial charge in [-0.15, -0.1) is 0 Å². The van der Waals surface area contributed by atoms with Crippen LogP contribution < -0.4 is 5.32 Å². The summed E-state index contributed by atoms with van der Waals surface area (Å²) in [6.07, 6.45) is 6.92. The van der Waals surface area contributed by atoms with Crippen LogP contribution in [0.3, 0.4) is 0 Å². The highest BCUT2D eigenvalue weighted by atomic mass is 16.5. The van der Waals surface area contributed by atoms with Crippen LogP contribution in [0.15, 0.2) is 0 Å². The number of morpholine rings is 1. The van der Waals surface area contributed by atoms with E-state index in [9.17, 15) is 0 Å². The summed E-state index contributed by atoms with van der Waals surface area (Å²) in [6, 6.07) is 1.24. The molecular weight excluding hydrogens is 224 g/mol. The molecule has 0 aliphatic carbocycles. The van der Waals surface area contributed by atoms with Crippen molar-refractivity contribution in [2.45, 2.75) is 64.1 Å². The average Bonchev–Trinajstić information content (AvgIpc) is 2.87. The van der Waals surface area contributed by atoms with E-state index in [1.807, 2.05) is 0 Å². The lowest BCUT2D eigenvalue weighted by molar-refractivity contribution is -0.0667. The van der Waals surface area contributed by atoms with E-state index in [0.29, 0.717) is 18.2 Å². The van der Waals surface area contributed by atoms with Crippen molar-refractivity contribution in [3.63, 3.8) is 0 Å². The van der Waals surface area contributed by atoms with E-state index in [1.165, 1.54) is 38.6 Å². The molecule has 106 valence electrons. The zero-order chi connectivity index (χ0) is 13.0. The maximum Gasteiger partial charge on any atom is 0.0855 e. The summed E-state index contributed by atoms with van der Waals surface area (Å²) in [5.41, 5.74) is 0. The summed E-state index contributed by atoms with van der Waals surface area (Å²) >= 11 is 0. The van der Waals surface area contributed by atoms with Crippen LogP contribution in [-0.4, -0.2) is 49.8 Å². The summed E-state index contributed by atoms with van der Waals surface area (Å²) in [5.74, 6) is 0.836. The van der Waals surface area contributed by atoms with Crippen LogP contribution in [-0.2, 0) is 4.74 Å². The van der Waals surface area contributed by atoms with Crippen molar-refractivity contribution >= 4 is 0 Å². The van der Waals surface area contributed by atoms with Gasteiger partial charge in [0.2, 0.25) is 0 Å². The first-order valence-electron chi connectivity index (χ1n) is 7.81. The number of likely N-dealkylation sites (N-methyl/N-ethyl adjacent to an activating group) is 1. The summed E-state index contributed by atoms with van der Waals surface area (Å²) < 4.78 is 6.13. The molecule has 0 bridgehead atoms. The van der Waals surface area contributed by atoms with Crippen LogP contribution in [0.2, 0.25) is 0 Å². The van der Waals surface area contributed by atoms with E-state index in [1.54, 1.807) is 0 Å². The highest BCUT2D eigenvalue weighted by molar-refractivity contribution is 4.90. The Kier molecular flexibility index (Phi) is 5.46. The molecular formula is C15H30N2O. The second kappa shape index (κ2) is 6.88. The van der Waals surface area contributed by atoms with Crippen molar-refractivity contribution in [2.75, 3.05) is 26.7 Å². The summed E-state index contributed by atoms with van der Waals surface area (Å²) in [6.45, 7) is 7.98. The Hall–Kier alpha value is -0.120. The second-order valence-corrected chi connectivity index (χ2v) is 5.98. The molecule has 2 heterocycles. The number of nitrogens with one attached hydrogen (secondary N) is 1. The first-order chi connectivity index (χ1) is 8.78. The van der Waals surface area contributed by atoms with E-state index in [-0.39, 0.29) is 0 Å². The van der Waals surface area contributed by atoms with Gasteiger partial charge in [-0.25, -0.2) is 0 Å². The lowest BCUT2D eigenvalue weighted by Crippen LogP contribution is -2.54. The fourth-order valence-corrected chi connectivity index (χ4v) is 3.52. The van der Waals surface area contributed by atoms with Gasteiger partial charge in [0.15, 0.2) is 0 Å². The molecule has 3 heteroatoms. The maximum absolute atomic E-state index is 6.13. The van der Waals surface area contributed by atoms with Crippen molar-refractivity contribution in [2.24, 2.45) is 5.92 Å². The van der Waals surface area contributed by atoms with Crippen LogP contribution in [0.25, 0.3) is 0 Å². The molecule has 2 aliphatic heterocycles. The third-order valence-electron chi connectivity index (χ3n) is 4.98. The Balaban J connectivity index is 1.87. The van der Waals surface area contributed by atoms with Crippen molar-refractivity contribution in [1.29, 1.82) is 0 Å². The zero-order valence-electron chi connectivity index (χ0n) is 12.3. The third kappa shape index (κ3) is 3.25. The van der Waals surface area contributed by atoms with E-state index in [2.05, 4.69) is 31.1 Å². The smallest absolute Gasteiger partial charge is 0.0855 e. The summed E-state index contributed by atoms with van der Waals surface area (Å²) in [5, 5.41) is 3.50. The summed E-state index contributed by atoms with van der Waals surface area (Å²) in [7, 11) is 2.09. The molecule has 2 saturated heterocycles. The fourth-order valence-electron chi connectivity index (χ4n) is 3.52. The van der Waals surface area contributed by atoms with Gasteiger partial charge >= 0.3 is 0 Å². The van der Waals surface area contributed by atoms with Gasteiger partial charge in [0.1, 0.15) is 0 Å². The topological polar surface area (TPSA) is 24.5 Å². The second-order valence-electron chi connectivity index (χ2n) is 5.98. The minimum atomic E-state index is 0.393. The van der Waals surface area contributed by atoms with Crippen LogP contribution in [0.5, 0.6) is 0 Å². The van der Waals surface area contributed by atoms with Gasteiger partial charge < -0.3 is 10.1 Å². The first kappa shape index (κ1) is 14.3. The molecule has 2 aliphatic rings. The van der Waals surface area contributed by atoms with Crippen molar-refractivity contribution in [3.05, 3.63) is 0 Å². The third-order valence-corrected chi connectivity index (χ3v) is 4.98. The Morgan fingerprint density at radius 3 is 2.78 bits per heavy atom. The minimum absolute atomic E-state index is 0.393. The lowest BCUT2D eigenvalue weighted by atomic mass is 9.91. The predicted octanol–water partition coefficient (Wildman–Crippen LogP) is 2.26. The van der Waals surface area contributed by atoms with E-state index in [0.717, 1.165) is 19.1 Å². The molecule has 0 aromatic heterocycles. The molecule has 0 saturated carbocycles. The van der Waals surface area contributed by atoms with Gasteiger partial charge in [-0.3, -0.25) is 4.90 Å². The van der Waals surface area contributed by atoms with Gasteiger partial charge in [-0.05, 0) is 38.8 Å². The molecule has 0 spiro atoms. The highest BCUT2D eigenvalue weighted by Crippen LogP contribution is 2.26. The standard InChI is InChI=1S/C15H30N2O/c1-4-12(5-2)9-14(16-3)15-10-17-8-6-7-13(17)11-18-15/h12-16H,4-11H2,1-3H3. The molecule has 0 amide bonds. The molecule has 0 aromatic rings. The normalized spacial score (nSPS) is 30.7. The number of fused-ring (bicyclic) bond motifs is 1. The highest BCUT2D eigenvalue weighted by Gasteiger charge is 2.35. The molecule has 1 N–H and O–H groups in total. The van der Waals surface area contributed by atoms with Crippen molar-refractivity contribution in [1.82, 2.24) is 10.2 Å². The fraction of sp³-hybridized carbons (Fsp3) is 1.00. The Morgan fingerprint density at radius 1 is 1.33 bits per heavy atom. The van der Waals surface area contributed by atoms with Crippen LogP contribution in [0.1, 0.15) is 46.0 Å². The molecule has 3 atom stereocenters. The Morgan fingerprint density at radius 2 is 2.11 bits per heavy atom. The van der Waals surface area contributed by atoms with Gasteiger partial charge in [-0.1, -0.05) is 26.7 Å². The number of hydrogen-bond acceptors (Lipinski definition) is 3. The molecule has 3 nitrogen and oxygen atoms in total. The van der Waals surface area contributed by atoms with Crippen molar-refractivity contribution < 1.29 is 4.74 Å².